The standard InChI is InChI=1S/C23H22N2O5S/c1-25(15-17-7-3-2-4-8-17)31(27,28)19-13-11-18(12-14-19)24-23(26)22-16-29-20-9-5-6-10-21(20)30-22/h2-14,22H,15-16H2,1H3,(H,24,26)/t22-/m0/s1. The van der Waals surface area contributed by atoms with E-state index in [1.54, 1.807) is 30.3 Å². The number of sulfonamides is 1. The highest BCUT2D eigenvalue weighted by Crippen LogP contribution is 2.31. The fraction of sp³-hybridized carbons (Fsp3) is 0.174. The Morgan fingerprint density at radius 1 is 0.968 bits per heavy atom. The minimum Gasteiger partial charge on any atom is -0.485 e. The summed E-state index contributed by atoms with van der Waals surface area (Å²) in [6.07, 6.45) is -0.796. The first-order valence-electron chi connectivity index (χ1n) is 9.73. The first-order chi connectivity index (χ1) is 14.9. The summed E-state index contributed by atoms with van der Waals surface area (Å²) in [7, 11) is -2.12. The normalized spacial score (nSPS) is 15.5. The van der Waals surface area contributed by atoms with E-state index in [0.717, 1.165) is 5.56 Å². The first-order valence-corrected chi connectivity index (χ1v) is 11.2. The third-order valence-electron chi connectivity index (χ3n) is 4.88. The summed E-state index contributed by atoms with van der Waals surface area (Å²) in [4.78, 5) is 12.7. The zero-order valence-electron chi connectivity index (χ0n) is 16.9. The maximum atomic E-state index is 12.8. The number of fused-ring (bicyclic) bond motifs is 1. The van der Waals surface area contributed by atoms with Crippen LogP contribution in [-0.2, 0) is 21.4 Å². The molecule has 0 fully saturated rings. The number of ether oxygens (including phenoxy) is 2. The highest BCUT2D eigenvalue weighted by molar-refractivity contribution is 7.89. The number of benzene rings is 3. The zero-order chi connectivity index (χ0) is 21.8. The number of nitrogens with one attached hydrogen (secondary N) is 1. The molecule has 0 bridgehead atoms. The van der Waals surface area contributed by atoms with Crippen LogP contribution in [-0.4, -0.2) is 38.4 Å². The lowest BCUT2D eigenvalue weighted by atomic mass is 10.2. The Morgan fingerprint density at radius 3 is 2.32 bits per heavy atom. The molecule has 8 heteroatoms. The van der Waals surface area contributed by atoms with Gasteiger partial charge < -0.3 is 14.8 Å². The van der Waals surface area contributed by atoms with Crippen molar-refractivity contribution in [2.45, 2.75) is 17.5 Å². The van der Waals surface area contributed by atoms with Gasteiger partial charge in [-0.1, -0.05) is 42.5 Å². The predicted octanol–water partition coefficient (Wildman–Crippen LogP) is 3.29. The van der Waals surface area contributed by atoms with Crippen LogP contribution in [0.3, 0.4) is 0 Å². The number of para-hydroxylation sites is 2. The van der Waals surface area contributed by atoms with Crippen LogP contribution in [0, 0.1) is 0 Å². The number of hydrogen-bond acceptors (Lipinski definition) is 5. The van der Waals surface area contributed by atoms with E-state index in [-0.39, 0.29) is 24.0 Å². The zero-order valence-corrected chi connectivity index (χ0v) is 17.7. The molecule has 1 aliphatic rings. The van der Waals surface area contributed by atoms with Crippen molar-refractivity contribution in [2.24, 2.45) is 0 Å². The molecular weight excluding hydrogens is 416 g/mol. The lowest BCUT2D eigenvalue weighted by Crippen LogP contribution is -2.40. The van der Waals surface area contributed by atoms with Crippen LogP contribution >= 0.6 is 0 Å². The van der Waals surface area contributed by atoms with Gasteiger partial charge in [-0.3, -0.25) is 4.79 Å². The molecular formula is C23H22N2O5S. The van der Waals surface area contributed by atoms with E-state index in [9.17, 15) is 13.2 Å². The van der Waals surface area contributed by atoms with Crippen molar-refractivity contribution in [3.05, 3.63) is 84.4 Å². The molecule has 1 heterocycles. The van der Waals surface area contributed by atoms with Crippen molar-refractivity contribution >= 4 is 21.6 Å². The number of anilines is 1. The number of hydrogen-bond donors (Lipinski definition) is 1. The van der Waals surface area contributed by atoms with Crippen molar-refractivity contribution < 1.29 is 22.7 Å². The van der Waals surface area contributed by atoms with Gasteiger partial charge in [-0.05, 0) is 42.0 Å². The summed E-state index contributed by atoms with van der Waals surface area (Å²) in [6.45, 7) is 0.363. The lowest BCUT2D eigenvalue weighted by Gasteiger charge is -2.25. The molecule has 1 aliphatic heterocycles. The van der Waals surface area contributed by atoms with E-state index in [2.05, 4.69) is 5.32 Å². The molecule has 1 atom stereocenters. The fourth-order valence-electron chi connectivity index (χ4n) is 3.19. The minimum atomic E-state index is -3.66. The minimum absolute atomic E-state index is 0.0968. The Kier molecular flexibility index (Phi) is 5.92. The van der Waals surface area contributed by atoms with Crippen molar-refractivity contribution in [2.75, 3.05) is 19.0 Å². The van der Waals surface area contributed by atoms with Gasteiger partial charge in [0, 0.05) is 19.3 Å². The summed E-state index contributed by atoms with van der Waals surface area (Å²) >= 11 is 0. The smallest absolute Gasteiger partial charge is 0.269 e. The summed E-state index contributed by atoms with van der Waals surface area (Å²) in [5.41, 5.74) is 1.37. The molecule has 0 saturated carbocycles. The molecule has 0 spiro atoms. The largest absolute Gasteiger partial charge is 0.485 e. The Bertz CT molecular complexity index is 1160. The van der Waals surface area contributed by atoms with Gasteiger partial charge in [0.15, 0.2) is 11.5 Å². The topological polar surface area (TPSA) is 84.9 Å². The van der Waals surface area contributed by atoms with Crippen LogP contribution in [0.5, 0.6) is 11.5 Å². The maximum Gasteiger partial charge on any atom is 0.269 e. The number of nitrogens with zero attached hydrogens (tertiary/aromatic N) is 1. The molecule has 1 N–H and O–H groups in total. The second-order valence-corrected chi connectivity index (χ2v) is 9.17. The van der Waals surface area contributed by atoms with Crippen molar-refractivity contribution in [1.82, 2.24) is 4.31 Å². The average Bonchev–Trinajstić information content (AvgIpc) is 2.79. The Labute approximate surface area is 181 Å². The van der Waals surface area contributed by atoms with Gasteiger partial charge in [-0.15, -0.1) is 0 Å². The van der Waals surface area contributed by atoms with Crippen LogP contribution < -0.4 is 14.8 Å². The first kappa shape index (κ1) is 20.9. The third-order valence-corrected chi connectivity index (χ3v) is 6.70. The number of carbonyl (C=O) groups is 1. The molecule has 160 valence electrons. The van der Waals surface area contributed by atoms with Crippen molar-refractivity contribution in [3.63, 3.8) is 0 Å². The molecule has 1 amide bonds. The van der Waals surface area contributed by atoms with Crippen LogP contribution in [0.4, 0.5) is 5.69 Å². The number of amides is 1. The second-order valence-electron chi connectivity index (χ2n) is 7.12. The van der Waals surface area contributed by atoms with E-state index in [4.69, 9.17) is 9.47 Å². The van der Waals surface area contributed by atoms with Gasteiger partial charge in [0.1, 0.15) is 6.61 Å². The van der Waals surface area contributed by atoms with Gasteiger partial charge in [0.2, 0.25) is 16.1 Å². The van der Waals surface area contributed by atoms with Gasteiger partial charge in [-0.2, -0.15) is 4.31 Å². The molecule has 0 aromatic heterocycles. The molecule has 3 aromatic carbocycles. The summed E-state index contributed by atoms with van der Waals surface area (Å²) in [5, 5.41) is 2.74. The SMILES string of the molecule is CN(Cc1ccccc1)S(=O)(=O)c1ccc(NC(=O)[C@@H]2COc3ccccc3O2)cc1. The highest BCUT2D eigenvalue weighted by atomic mass is 32.2. The van der Waals surface area contributed by atoms with Gasteiger partial charge in [0.25, 0.3) is 5.91 Å². The monoisotopic (exact) mass is 438 g/mol. The average molecular weight is 439 g/mol. The van der Waals surface area contributed by atoms with Crippen LogP contribution in [0.15, 0.2) is 83.8 Å². The molecule has 0 radical (unpaired) electrons. The lowest BCUT2D eigenvalue weighted by molar-refractivity contribution is -0.125. The Hall–Kier alpha value is -3.36. The summed E-state index contributed by atoms with van der Waals surface area (Å²) in [5.74, 6) is 0.740. The van der Waals surface area contributed by atoms with Crippen LogP contribution in [0.25, 0.3) is 0 Å². The summed E-state index contributed by atoms with van der Waals surface area (Å²) in [6, 6.07) is 22.6. The molecule has 0 unspecified atom stereocenters. The van der Waals surface area contributed by atoms with E-state index in [0.29, 0.717) is 17.2 Å². The quantitative estimate of drug-likeness (QED) is 0.638. The molecule has 0 aliphatic carbocycles. The number of carbonyl (C=O) groups excluding carboxylic acids is 1. The molecule has 4 rings (SSSR count). The molecule has 0 saturated heterocycles. The number of rotatable bonds is 6. The Morgan fingerprint density at radius 2 is 1.61 bits per heavy atom. The van der Waals surface area contributed by atoms with Crippen LogP contribution in [0.1, 0.15) is 5.56 Å². The maximum absolute atomic E-state index is 12.8. The van der Waals surface area contributed by atoms with E-state index in [1.165, 1.54) is 23.5 Å². The summed E-state index contributed by atoms with van der Waals surface area (Å²) < 4.78 is 38.2. The van der Waals surface area contributed by atoms with E-state index >= 15 is 0 Å². The van der Waals surface area contributed by atoms with E-state index in [1.807, 2.05) is 36.4 Å². The predicted molar refractivity (Wildman–Crippen MR) is 117 cm³/mol. The third kappa shape index (κ3) is 4.70. The molecule has 31 heavy (non-hydrogen) atoms. The fourth-order valence-corrected chi connectivity index (χ4v) is 4.35. The molecule has 7 nitrogen and oxygen atoms in total. The van der Waals surface area contributed by atoms with Gasteiger partial charge in [-0.25, -0.2) is 8.42 Å². The Balaban J connectivity index is 1.40. The van der Waals surface area contributed by atoms with E-state index < -0.39 is 16.1 Å². The van der Waals surface area contributed by atoms with Crippen molar-refractivity contribution in [3.8, 4) is 11.5 Å². The molecule has 3 aromatic rings. The van der Waals surface area contributed by atoms with Gasteiger partial charge >= 0.3 is 0 Å². The highest BCUT2D eigenvalue weighted by Gasteiger charge is 2.27. The van der Waals surface area contributed by atoms with Crippen LogP contribution in [0.2, 0.25) is 0 Å². The van der Waals surface area contributed by atoms with Crippen molar-refractivity contribution in [1.29, 1.82) is 0 Å². The second kappa shape index (κ2) is 8.79. The van der Waals surface area contributed by atoms with Gasteiger partial charge in [0.05, 0.1) is 4.90 Å².